The highest BCUT2D eigenvalue weighted by molar-refractivity contribution is 5.82. The van der Waals surface area contributed by atoms with E-state index in [1.54, 1.807) is 64.3 Å². The molecule has 45 heavy (non-hydrogen) atoms. The Morgan fingerprint density at radius 2 is 1.60 bits per heavy atom. The summed E-state index contributed by atoms with van der Waals surface area (Å²) >= 11 is 0. The maximum absolute atomic E-state index is 14.7. The van der Waals surface area contributed by atoms with Gasteiger partial charge in [-0.25, -0.2) is 13.2 Å². The van der Waals surface area contributed by atoms with Crippen molar-refractivity contribution >= 4 is 5.57 Å². The lowest BCUT2D eigenvalue weighted by atomic mass is 9.85. The number of aryl methyl sites for hydroxylation is 2. The molecule has 2 aromatic carbocycles. The van der Waals surface area contributed by atoms with Crippen molar-refractivity contribution < 1.29 is 13.2 Å². The normalized spacial score (nSPS) is 15.0. The minimum absolute atomic E-state index is 0.0845. The maximum atomic E-state index is 14.7. The SMILES string of the molecule is C=C/C=C\C(=C/C(C)(NC)c1c(F)cc(C)cc1F)C(=C)c1ccc(F)cc1C.C=CC.CC.CCCCC(C)C1CCCC1. The molecule has 0 spiro atoms. The summed E-state index contributed by atoms with van der Waals surface area (Å²) in [5.41, 5.74) is 1.97. The van der Waals surface area contributed by atoms with Gasteiger partial charge in [0, 0.05) is 5.56 Å². The first-order valence-corrected chi connectivity index (χ1v) is 16.6. The molecule has 0 aromatic heterocycles. The van der Waals surface area contributed by atoms with Crippen molar-refractivity contribution in [2.45, 2.75) is 106 Å². The third-order valence-electron chi connectivity index (χ3n) is 8.16. The van der Waals surface area contributed by atoms with Crippen molar-refractivity contribution in [2.75, 3.05) is 7.05 Å². The molecule has 1 saturated carbocycles. The Kier molecular flexibility index (Phi) is 20.9. The number of halogens is 3. The summed E-state index contributed by atoms with van der Waals surface area (Å²) in [5.74, 6) is 0.492. The Morgan fingerprint density at radius 3 is 2.07 bits per heavy atom. The van der Waals surface area contributed by atoms with E-state index in [9.17, 15) is 13.2 Å². The summed E-state index contributed by atoms with van der Waals surface area (Å²) < 4.78 is 43.0. The van der Waals surface area contributed by atoms with Gasteiger partial charge in [0.1, 0.15) is 17.5 Å². The second-order valence-corrected chi connectivity index (χ2v) is 11.8. The summed E-state index contributed by atoms with van der Waals surface area (Å²) in [6.07, 6.45) is 18.9. The van der Waals surface area contributed by atoms with Crippen molar-refractivity contribution in [1.29, 1.82) is 0 Å². The van der Waals surface area contributed by atoms with E-state index < -0.39 is 17.2 Å². The first kappa shape index (κ1) is 41.9. The van der Waals surface area contributed by atoms with Crippen LogP contribution in [0.2, 0.25) is 0 Å². The zero-order valence-electron chi connectivity index (χ0n) is 29.6. The molecule has 2 aromatic rings. The second kappa shape index (κ2) is 22.4. The van der Waals surface area contributed by atoms with Gasteiger partial charge in [-0.1, -0.05) is 122 Å². The molecule has 0 amide bonds. The van der Waals surface area contributed by atoms with Crippen LogP contribution in [0, 0.1) is 43.1 Å². The molecule has 1 fully saturated rings. The van der Waals surface area contributed by atoms with Crippen LogP contribution in [0.25, 0.3) is 5.57 Å². The average Bonchev–Trinajstić information content (AvgIpc) is 3.54. The first-order chi connectivity index (χ1) is 21.4. The minimum Gasteiger partial charge on any atom is -0.307 e. The molecule has 4 heteroatoms. The van der Waals surface area contributed by atoms with E-state index in [1.165, 1.54) is 69.2 Å². The summed E-state index contributed by atoms with van der Waals surface area (Å²) in [6, 6.07) is 7.04. The molecule has 1 aliphatic rings. The molecule has 0 heterocycles. The Bertz CT molecular complexity index is 1230. The molecule has 1 N–H and O–H groups in total. The van der Waals surface area contributed by atoms with E-state index in [1.807, 2.05) is 20.8 Å². The molecule has 1 nitrogen and oxygen atoms in total. The van der Waals surface area contributed by atoms with E-state index in [2.05, 4.69) is 38.9 Å². The van der Waals surface area contributed by atoms with Crippen molar-refractivity contribution in [3.8, 4) is 0 Å². The third kappa shape index (κ3) is 13.8. The number of unbranched alkanes of at least 4 members (excludes halogenated alkanes) is 1. The van der Waals surface area contributed by atoms with Gasteiger partial charge in [-0.05, 0) is 98.7 Å². The Hall–Kier alpha value is -3.11. The van der Waals surface area contributed by atoms with Crippen LogP contribution in [0.15, 0.2) is 86.0 Å². The number of hydrogen-bond donors (Lipinski definition) is 1. The van der Waals surface area contributed by atoms with Crippen LogP contribution in [-0.4, -0.2) is 7.05 Å². The zero-order valence-corrected chi connectivity index (χ0v) is 29.6. The van der Waals surface area contributed by atoms with E-state index in [0.29, 0.717) is 22.3 Å². The standard InChI is InChI=1S/C25H26F3N.C11H22.C3H6.C2H6/c1-7-8-9-19(18(4)21-11-10-20(26)14-17(21)3)15-25(5,29-6)24-22(27)12-16(2)13-23(24)28;1-3-4-7-10(2)11-8-5-6-9-11;1-3-2;1-2/h7-15,29H,1,4H2,2-3,5-6H3;10-11H,3-9H2,1-2H3;3H,1H2,2H3;1-2H3/b9-8-,19-15+;;;. The quantitative estimate of drug-likeness (QED) is 0.194. The van der Waals surface area contributed by atoms with Gasteiger partial charge in [0.15, 0.2) is 0 Å². The van der Waals surface area contributed by atoms with Crippen molar-refractivity contribution in [3.05, 3.63) is 126 Å². The number of benzene rings is 2. The van der Waals surface area contributed by atoms with E-state index in [0.717, 1.165) is 17.4 Å². The Balaban J connectivity index is 0.000000999. The van der Waals surface area contributed by atoms with Gasteiger partial charge >= 0.3 is 0 Å². The van der Waals surface area contributed by atoms with Crippen molar-refractivity contribution in [2.24, 2.45) is 11.8 Å². The lowest BCUT2D eigenvalue weighted by molar-refractivity contribution is 0.337. The topological polar surface area (TPSA) is 12.0 Å². The molecule has 1 aliphatic carbocycles. The number of nitrogens with one attached hydrogen (secondary N) is 1. The molecule has 2 unspecified atom stereocenters. The largest absolute Gasteiger partial charge is 0.307 e. The van der Waals surface area contributed by atoms with E-state index in [-0.39, 0.29) is 11.4 Å². The Labute approximate surface area is 274 Å². The molecule has 3 rings (SSSR count). The van der Waals surface area contributed by atoms with Crippen molar-refractivity contribution in [3.63, 3.8) is 0 Å². The number of likely N-dealkylation sites (N-methyl/N-ethyl adjacent to an activating group) is 1. The molecule has 2 atom stereocenters. The van der Waals surface area contributed by atoms with Crippen LogP contribution < -0.4 is 5.32 Å². The molecule has 0 bridgehead atoms. The highest BCUT2D eigenvalue weighted by atomic mass is 19.1. The Morgan fingerprint density at radius 1 is 1.04 bits per heavy atom. The molecular formula is C41H60F3N. The number of allylic oxidation sites excluding steroid dienone is 6. The molecule has 0 aliphatic heterocycles. The first-order valence-electron chi connectivity index (χ1n) is 16.6. The van der Waals surface area contributed by atoms with Gasteiger partial charge in [0.2, 0.25) is 0 Å². The van der Waals surface area contributed by atoms with Gasteiger partial charge in [-0.15, -0.1) is 6.58 Å². The molecule has 0 radical (unpaired) electrons. The van der Waals surface area contributed by atoms with Crippen LogP contribution in [0.4, 0.5) is 13.2 Å². The third-order valence-corrected chi connectivity index (χ3v) is 8.16. The summed E-state index contributed by atoms with van der Waals surface area (Å²) in [7, 11) is 1.63. The van der Waals surface area contributed by atoms with Gasteiger partial charge in [0.25, 0.3) is 0 Å². The molecular weight excluding hydrogens is 563 g/mol. The van der Waals surface area contributed by atoms with Crippen LogP contribution in [0.1, 0.15) is 109 Å². The fourth-order valence-electron chi connectivity index (χ4n) is 5.59. The maximum Gasteiger partial charge on any atom is 0.131 e. The van der Waals surface area contributed by atoms with Crippen LogP contribution in [-0.2, 0) is 5.54 Å². The van der Waals surface area contributed by atoms with Crippen LogP contribution >= 0.6 is 0 Å². The summed E-state index contributed by atoms with van der Waals surface area (Å²) in [5, 5.41) is 3.02. The van der Waals surface area contributed by atoms with Crippen LogP contribution in [0.5, 0.6) is 0 Å². The number of hydrogen-bond acceptors (Lipinski definition) is 1. The molecule has 250 valence electrons. The highest BCUT2D eigenvalue weighted by Gasteiger charge is 2.30. The lowest BCUT2D eigenvalue weighted by Crippen LogP contribution is -2.37. The van der Waals surface area contributed by atoms with Gasteiger partial charge in [-0.3, -0.25) is 0 Å². The van der Waals surface area contributed by atoms with Crippen LogP contribution in [0.3, 0.4) is 0 Å². The highest BCUT2D eigenvalue weighted by Crippen LogP contribution is 2.35. The van der Waals surface area contributed by atoms with Gasteiger partial charge in [0.05, 0.1) is 5.54 Å². The smallest absolute Gasteiger partial charge is 0.131 e. The van der Waals surface area contributed by atoms with E-state index >= 15 is 0 Å². The van der Waals surface area contributed by atoms with Crippen molar-refractivity contribution in [1.82, 2.24) is 5.32 Å². The summed E-state index contributed by atoms with van der Waals surface area (Å²) in [4.78, 5) is 0. The fraction of sp³-hybridized carbons (Fsp3) is 0.463. The number of rotatable bonds is 11. The summed E-state index contributed by atoms with van der Waals surface area (Å²) in [6.45, 7) is 26.9. The lowest BCUT2D eigenvalue weighted by Gasteiger charge is -2.29. The van der Waals surface area contributed by atoms with Gasteiger partial charge < -0.3 is 5.32 Å². The molecule has 0 saturated heterocycles. The monoisotopic (exact) mass is 623 g/mol. The minimum atomic E-state index is -1.15. The average molecular weight is 624 g/mol. The predicted octanol–water partition coefficient (Wildman–Crippen LogP) is 12.8. The van der Waals surface area contributed by atoms with E-state index in [4.69, 9.17) is 0 Å². The fourth-order valence-corrected chi connectivity index (χ4v) is 5.59. The zero-order chi connectivity index (χ0) is 34.6. The second-order valence-electron chi connectivity index (χ2n) is 11.8. The van der Waals surface area contributed by atoms with Gasteiger partial charge in [-0.2, -0.15) is 0 Å². The predicted molar refractivity (Wildman–Crippen MR) is 193 cm³/mol.